The van der Waals surface area contributed by atoms with E-state index in [0.717, 1.165) is 31.4 Å². The number of halogens is 1. The molecule has 4 heterocycles. The Bertz CT molecular complexity index is 1330. The molecule has 0 amide bonds. The molecule has 0 N–H and O–H groups in total. The third-order valence-corrected chi connectivity index (χ3v) is 6.51. The summed E-state index contributed by atoms with van der Waals surface area (Å²) in [6.07, 6.45) is 4.57. The summed E-state index contributed by atoms with van der Waals surface area (Å²) in [7, 11) is 0. The number of benzene rings is 1. The van der Waals surface area contributed by atoms with Gasteiger partial charge in [0.2, 0.25) is 11.7 Å². The van der Waals surface area contributed by atoms with E-state index < -0.39 is 0 Å². The summed E-state index contributed by atoms with van der Waals surface area (Å²) in [5.74, 6) is 1.80. The van der Waals surface area contributed by atoms with Gasteiger partial charge in [0.15, 0.2) is 0 Å². The van der Waals surface area contributed by atoms with E-state index in [9.17, 15) is 4.79 Å². The Morgan fingerprint density at radius 2 is 2.17 bits per heavy atom. The van der Waals surface area contributed by atoms with Crippen LogP contribution in [-0.4, -0.2) is 36.8 Å². The van der Waals surface area contributed by atoms with Crippen LogP contribution < -0.4 is 5.56 Å². The van der Waals surface area contributed by atoms with Gasteiger partial charge < -0.3 is 13.8 Å². The fraction of sp³-hybridized carbons (Fsp3) is 0.429. The van der Waals surface area contributed by atoms with Gasteiger partial charge in [-0.05, 0) is 37.3 Å². The van der Waals surface area contributed by atoms with Crippen molar-refractivity contribution >= 4 is 28.2 Å². The second kappa shape index (κ2) is 6.65. The zero-order valence-corrected chi connectivity index (χ0v) is 17.2. The van der Waals surface area contributed by atoms with Gasteiger partial charge in [0.05, 0.1) is 28.7 Å². The minimum atomic E-state index is -0.190. The van der Waals surface area contributed by atoms with E-state index >= 15 is 0 Å². The van der Waals surface area contributed by atoms with Crippen LogP contribution in [0.15, 0.2) is 33.8 Å². The molecule has 30 heavy (non-hydrogen) atoms. The number of rotatable bonds is 4. The Labute approximate surface area is 176 Å². The maximum Gasteiger partial charge on any atom is 0.277 e. The lowest BCUT2D eigenvalue weighted by molar-refractivity contribution is 0.0973. The Balaban J connectivity index is 1.58. The number of nitrogens with zero attached hydrogens (tertiary/aromatic N) is 5. The summed E-state index contributed by atoms with van der Waals surface area (Å²) in [5.41, 5.74) is 2.13. The Kier molecular flexibility index (Phi) is 4.01. The van der Waals surface area contributed by atoms with Gasteiger partial charge in [0.25, 0.3) is 5.56 Å². The first-order valence-corrected chi connectivity index (χ1v) is 10.6. The maximum absolute atomic E-state index is 13.6. The predicted molar refractivity (Wildman–Crippen MR) is 111 cm³/mol. The largest absolute Gasteiger partial charge is 0.376 e. The molecule has 1 aromatic carbocycles. The quantitative estimate of drug-likeness (QED) is 0.496. The molecule has 3 aromatic heterocycles. The molecule has 1 saturated heterocycles. The van der Waals surface area contributed by atoms with Crippen LogP contribution in [0.25, 0.3) is 28.1 Å². The third kappa shape index (κ3) is 2.70. The zero-order valence-electron chi connectivity index (χ0n) is 16.4. The molecule has 2 aliphatic rings. The van der Waals surface area contributed by atoms with Crippen LogP contribution in [0.1, 0.15) is 38.0 Å². The monoisotopic (exact) mass is 425 g/mol. The topological polar surface area (TPSA) is 87.5 Å². The molecule has 0 bridgehead atoms. The van der Waals surface area contributed by atoms with Crippen LogP contribution in [0, 0.1) is 5.92 Å². The van der Waals surface area contributed by atoms with Gasteiger partial charge in [0, 0.05) is 12.5 Å². The second-order valence-corrected chi connectivity index (χ2v) is 8.65. The Morgan fingerprint density at radius 1 is 1.30 bits per heavy atom. The highest BCUT2D eigenvalue weighted by Crippen LogP contribution is 2.46. The first-order valence-electron chi connectivity index (χ1n) is 10.3. The summed E-state index contributed by atoms with van der Waals surface area (Å²) in [6, 6.07) is 5.59. The van der Waals surface area contributed by atoms with Gasteiger partial charge in [-0.25, -0.2) is 4.98 Å². The number of para-hydroxylation sites is 1. The summed E-state index contributed by atoms with van der Waals surface area (Å²) in [5, 5.41) is 4.63. The highest BCUT2D eigenvalue weighted by atomic mass is 35.5. The molecule has 1 aliphatic heterocycles. The summed E-state index contributed by atoms with van der Waals surface area (Å²) in [4.78, 5) is 22.7. The van der Waals surface area contributed by atoms with Crippen molar-refractivity contribution in [2.45, 2.75) is 44.8 Å². The van der Waals surface area contributed by atoms with E-state index in [1.807, 2.05) is 12.1 Å². The summed E-state index contributed by atoms with van der Waals surface area (Å²) in [6.45, 7) is 3.31. The van der Waals surface area contributed by atoms with Crippen molar-refractivity contribution in [1.82, 2.24) is 24.1 Å². The number of hydrogen-bond donors (Lipinski definition) is 0. The number of hydrogen-bond acceptors (Lipinski definition) is 6. The van der Waals surface area contributed by atoms with Crippen molar-refractivity contribution in [3.8, 4) is 11.5 Å². The standard InChI is InChI=1S/C21H20ClN5O3/c1-11-8-13(11)20-24-19(25-30-20)16-18-21(28)26(9-12-4-3-7-29-12)17-14(22)5-2-6-15(17)27(18)10-23-16/h2,5-6,10-13H,3-4,7-9H2,1H3. The SMILES string of the molecule is CC1CC1c1nc(-c2ncn3c2c(=O)n(CC2CCCO2)c2c(Cl)cccc23)no1. The van der Waals surface area contributed by atoms with E-state index in [1.165, 1.54) is 0 Å². The van der Waals surface area contributed by atoms with Crippen molar-refractivity contribution < 1.29 is 9.26 Å². The van der Waals surface area contributed by atoms with E-state index in [4.69, 9.17) is 20.9 Å². The van der Waals surface area contributed by atoms with Gasteiger partial charge >= 0.3 is 0 Å². The van der Waals surface area contributed by atoms with Gasteiger partial charge in [0.1, 0.15) is 17.5 Å². The fourth-order valence-corrected chi connectivity index (χ4v) is 4.68. The highest BCUT2D eigenvalue weighted by molar-refractivity contribution is 6.35. The molecular formula is C21H20ClN5O3. The molecular weight excluding hydrogens is 406 g/mol. The van der Waals surface area contributed by atoms with Crippen molar-refractivity contribution in [3.63, 3.8) is 0 Å². The van der Waals surface area contributed by atoms with E-state index in [1.54, 1.807) is 21.4 Å². The lowest BCUT2D eigenvalue weighted by Gasteiger charge is -2.16. The minimum Gasteiger partial charge on any atom is -0.376 e. The van der Waals surface area contributed by atoms with Gasteiger partial charge in [-0.1, -0.05) is 29.7 Å². The lowest BCUT2D eigenvalue weighted by Crippen LogP contribution is -2.28. The minimum absolute atomic E-state index is 0.0101. The molecule has 6 rings (SSSR count). The molecule has 4 aromatic rings. The Hall–Kier alpha value is -2.71. The third-order valence-electron chi connectivity index (χ3n) is 6.20. The number of ether oxygens (including phenoxy) is 1. The van der Waals surface area contributed by atoms with Crippen LogP contribution in [0.2, 0.25) is 5.02 Å². The molecule has 0 radical (unpaired) electrons. The van der Waals surface area contributed by atoms with Gasteiger partial charge in [-0.3, -0.25) is 9.20 Å². The molecule has 9 heteroatoms. The van der Waals surface area contributed by atoms with Crippen LogP contribution in [0.4, 0.5) is 0 Å². The predicted octanol–water partition coefficient (Wildman–Crippen LogP) is 3.66. The van der Waals surface area contributed by atoms with Crippen LogP contribution in [0.5, 0.6) is 0 Å². The average Bonchev–Trinajstić information content (AvgIpc) is 3.22. The number of aromatic nitrogens is 5. The van der Waals surface area contributed by atoms with Crippen LogP contribution in [0.3, 0.4) is 0 Å². The molecule has 0 spiro atoms. The highest BCUT2D eigenvalue weighted by Gasteiger charge is 2.39. The normalized spacial score (nSPS) is 23.6. The molecule has 8 nitrogen and oxygen atoms in total. The van der Waals surface area contributed by atoms with Crippen molar-refractivity contribution in [1.29, 1.82) is 0 Å². The number of fused-ring (bicyclic) bond motifs is 3. The molecule has 154 valence electrons. The molecule has 3 atom stereocenters. The summed E-state index contributed by atoms with van der Waals surface area (Å²) < 4.78 is 14.7. The van der Waals surface area contributed by atoms with E-state index in [-0.39, 0.29) is 11.7 Å². The molecule has 1 aliphatic carbocycles. The van der Waals surface area contributed by atoms with Gasteiger partial charge in [-0.2, -0.15) is 4.98 Å². The smallest absolute Gasteiger partial charge is 0.277 e. The first kappa shape index (κ1) is 18.1. The average molecular weight is 426 g/mol. The Morgan fingerprint density at radius 3 is 2.93 bits per heavy atom. The zero-order chi connectivity index (χ0) is 20.4. The van der Waals surface area contributed by atoms with Gasteiger partial charge in [-0.15, -0.1) is 0 Å². The maximum atomic E-state index is 13.6. The molecule has 1 saturated carbocycles. The fourth-order valence-electron chi connectivity index (χ4n) is 4.41. The first-order chi connectivity index (χ1) is 14.6. The molecule has 3 unspecified atom stereocenters. The number of imidazole rings is 1. The molecule has 2 fully saturated rings. The lowest BCUT2D eigenvalue weighted by atomic mass is 10.2. The van der Waals surface area contributed by atoms with Crippen LogP contribution in [-0.2, 0) is 11.3 Å². The van der Waals surface area contributed by atoms with Crippen molar-refractivity contribution in [2.75, 3.05) is 6.61 Å². The van der Waals surface area contributed by atoms with E-state index in [2.05, 4.69) is 22.0 Å². The van der Waals surface area contributed by atoms with Crippen molar-refractivity contribution in [2.24, 2.45) is 5.92 Å². The second-order valence-electron chi connectivity index (χ2n) is 8.25. The van der Waals surface area contributed by atoms with Crippen LogP contribution >= 0.6 is 11.6 Å². The van der Waals surface area contributed by atoms with Crippen molar-refractivity contribution in [3.05, 3.63) is 45.8 Å². The van der Waals surface area contributed by atoms with E-state index in [0.29, 0.717) is 51.8 Å². The summed E-state index contributed by atoms with van der Waals surface area (Å²) >= 11 is 6.53.